The van der Waals surface area contributed by atoms with Crippen molar-refractivity contribution in [2.24, 2.45) is 5.92 Å². The topological polar surface area (TPSA) is 26.3 Å². The van der Waals surface area contributed by atoms with Gasteiger partial charge in [0.2, 0.25) is 0 Å². The minimum absolute atomic E-state index is 0.157. The Morgan fingerprint density at radius 2 is 2.21 bits per heavy atom. The molecule has 2 heteroatoms. The highest BCUT2D eigenvalue weighted by molar-refractivity contribution is 5.89. The van der Waals surface area contributed by atoms with Crippen LogP contribution in [0.2, 0.25) is 0 Å². The fraction of sp³-hybridized carbons (Fsp3) is 0.583. The van der Waals surface area contributed by atoms with Crippen molar-refractivity contribution in [3.8, 4) is 0 Å². The van der Waals surface area contributed by atoms with Crippen LogP contribution in [-0.2, 0) is 9.53 Å². The Morgan fingerprint density at radius 3 is 2.93 bits per heavy atom. The van der Waals surface area contributed by atoms with Crippen LogP contribution in [0, 0.1) is 5.92 Å². The zero-order valence-electron chi connectivity index (χ0n) is 8.80. The molecule has 76 valence electrons. The van der Waals surface area contributed by atoms with Gasteiger partial charge in [-0.25, -0.2) is 4.79 Å². The molecular formula is C12H16O2. The molecule has 2 aliphatic carbocycles. The molecule has 1 unspecified atom stereocenters. The van der Waals surface area contributed by atoms with Crippen LogP contribution in [0.25, 0.3) is 0 Å². The highest BCUT2D eigenvalue weighted by Gasteiger charge is 2.25. The Morgan fingerprint density at radius 1 is 1.43 bits per heavy atom. The molecule has 0 aliphatic heterocycles. The van der Waals surface area contributed by atoms with Gasteiger partial charge in [0.1, 0.15) is 0 Å². The van der Waals surface area contributed by atoms with Crippen molar-refractivity contribution in [3.63, 3.8) is 0 Å². The highest BCUT2D eigenvalue weighted by atomic mass is 16.5. The molecule has 0 spiro atoms. The second-order valence-corrected chi connectivity index (χ2v) is 4.16. The maximum Gasteiger partial charge on any atom is 0.333 e. The van der Waals surface area contributed by atoms with Crippen LogP contribution in [0.3, 0.4) is 0 Å². The maximum atomic E-state index is 11.3. The first-order valence-electron chi connectivity index (χ1n) is 5.23. The van der Waals surface area contributed by atoms with Crippen LogP contribution < -0.4 is 0 Å². The molecule has 0 saturated heterocycles. The van der Waals surface area contributed by atoms with Crippen LogP contribution in [0.4, 0.5) is 0 Å². The van der Waals surface area contributed by atoms with E-state index in [1.54, 1.807) is 5.57 Å². The average molecular weight is 192 g/mol. The summed E-state index contributed by atoms with van der Waals surface area (Å²) in [6.45, 7) is 2.24. The molecule has 0 fully saturated rings. The van der Waals surface area contributed by atoms with Crippen LogP contribution in [0.5, 0.6) is 0 Å². The lowest BCUT2D eigenvalue weighted by Gasteiger charge is -2.15. The Hall–Kier alpha value is -1.05. The van der Waals surface area contributed by atoms with E-state index in [0.717, 1.165) is 18.4 Å². The molecule has 0 N–H and O–H groups in total. The molecule has 0 saturated carbocycles. The summed E-state index contributed by atoms with van der Waals surface area (Å²) in [6.07, 6.45) is 6.44. The normalized spacial score (nSPS) is 25.9. The summed E-state index contributed by atoms with van der Waals surface area (Å²) in [5, 5.41) is 0. The van der Waals surface area contributed by atoms with Gasteiger partial charge in [-0.05, 0) is 43.3 Å². The minimum atomic E-state index is -0.157. The Balaban J connectivity index is 2.25. The summed E-state index contributed by atoms with van der Waals surface area (Å²) in [6, 6.07) is 0. The van der Waals surface area contributed by atoms with Gasteiger partial charge in [-0.1, -0.05) is 12.5 Å². The first kappa shape index (κ1) is 9.50. The maximum absolute atomic E-state index is 11.3. The van der Waals surface area contributed by atoms with Gasteiger partial charge in [0.05, 0.1) is 7.11 Å². The van der Waals surface area contributed by atoms with E-state index in [1.165, 1.54) is 25.5 Å². The lowest BCUT2D eigenvalue weighted by molar-refractivity contribution is -0.136. The van der Waals surface area contributed by atoms with Crippen LogP contribution in [0.15, 0.2) is 22.8 Å². The monoisotopic (exact) mass is 192 g/mol. The number of carbonyl (C=O) groups excluding carboxylic acids is 1. The van der Waals surface area contributed by atoms with Crippen molar-refractivity contribution in [3.05, 3.63) is 22.8 Å². The number of esters is 1. The zero-order chi connectivity index (χ0) is 10.1. The van der Waals surface area contributed by atoms with Crippen LogP contribution >= 0.6 is 0 Å². The first-order valence-corrected chi connectivity index (χ1v) is 5.23. The minimum Gasteiger partial charge on any atom is -0.466 e. The quantitative estimate of drug-likeness (QED) is 0.597. The van der Waals surface area contributed by atoms with E-state index in [0.29, 0.717) is 5.92 Å². The molecule has 2 rings (SSSR count). The number of hydrogen-bond donors (Lipinski definition) is 0. The van der Waals surface area contributed by atoms with Gasteiger partial charge in [-0.3, -0.25) is 0 Å². The zero-order valence-corrected chi connectivity index (χ0v) is 8.80. The van der Waals surface area contributed by atoms with E-state index >= 15 is 0 Å². The van der Waals surface area contributed by atoms with Crippen LogP contribution in [-0.4, -0.2) is 13.1 Å². The van der Waals surface area contributed by atoms with E-state index in [1.807, 2.05) is 0 Å². The third-order valence-electron chi connectivity index (χ3n) is 3.29. The van der Waals surface area contributed by atoms with Crippen molar-refractivity contribution in [1.29, 1.82) is 0 Å². The highest BCUT2D eigenvalue weighted by Crippen LogP contribution is 2.39. The molecular weight excluding hydrogens is 176 g/mol. The molecule has 0 aromatic heterocycles. The third-order valence-corrected chi connectivity index (χ3v) is 3.29. The van der Waals surface area contributed by atoms with E-state index < -0.39 is 0 Å². The number of allylic oxidation sites excluding steroid dienone is 3. The van der Waals surface area contributed by atoms with Gasteiger partial charge in [0.15, 0.2) is 0 Å². The van der Waals surface area contributed by atoms with Crippen LogP contribution in [0.1, 0.15) is 32.6 Å². The summed E-state index contributed by atoms with van der Waals surface area (Å²) >= 11 is 0. The average Bonchev–Trinajstić information content (AvgIpc) is 2.59. The summed E-state index contributed by atoms with van der Waals surface area (Å²) < 4.78 is 4.74. The summed E-state index contributed by atoms with van der Waals surface area (Å²) in [7, 11) is 1.45. The van der Waals surface area contributed by atoms with Gasteiger partial charge in [0, 0.05) is 5.57 Å². The molecule has 0 radical (unpaired) electrons. The molecule has 14 heavy (non-hydrogen) atoms. The smallest absolute Gasteiger partial charge is 0.333 e. The fourth-order valence-corrected chi connectivity index (χ4v) is 2.39. The molecule has 2 aliphatic rings. The first-order chi connectivity index (χ1) is 6.72. The molecule has 0 bridgehead atoms. The summed E-state index contributed by atoms with van der Waals surface area (Å²) in [5.41, 5.74) is 3.81. The second kappa shape index (κ2) is 3.60. The van der Waals surface area contributed by atoms with Gasteiger partial charge in [-0.15, -0.1) is 0 Å². The molecule has 0 amide bonds. The Labute approximate surface area is 84.6 Å². The van der Waals surface area contributed by atoms with Crippen molar-refractivity contribution < 1.29 is 9.53 Å². The van der Waals surface area contributed by atoms with Gasteiger partial charge in [0.25, 0.3) is 0 Å². The van der Waals surface area contributed by atoms with Gasteiger partial charge in [-0.2, -0.15) is 0 Å². The predicted molar refractivity (Wildman–Crippen MR) is 54.8 cm³/mol. The summed E-state index contributed by atoms with van der Waals surface area (Å²) in [4.78, 5) is 11.3. The number of methoxy groups -OCH3 is 1. The van der Waals surface area contributed by atoms with E-state index in [-0.39, 0.29) is 5.97 Å². The Kier molecular flexibility index (Phi) is 2.44. The predicted octanol–water partition coefficient (Wildman–Crippen LogP) is 2.61. The number of carbonyl (C=O) groups is 1. The molecule has 2 nitrogen and oxygen atoms in total. The SMILES string of the molecule is COC(=O)C1=CC2=C(CC1)CCC2C. The number of rotatable bonds is 1. The number of hydrogen-bond acceptors (Lipinski definition) is 2. The van der Waals surface area contributed by atoms with E-state index in [9.17, 15) is 4.79 Å². The largest absolute Gasteiger partial charge is 0.466 e. The van der Waals surface area contributed by atoms with Crippen molar-refractivity contribution >= 4 is 5.97 Å². The molecule has 0 aromatic rings. The fourth-order valence-electron chi connectivity index (χ4n) is 2.39. The van der Waals surface area contributed by atoms with E-state index in [4.69, 9.17) is 4.74 Å². The van der Waals surface area contributed by atoms with Gasteiger partial charge < -0.3 is 4.74 Å². The molecule has 0 aromatic carbocycles. The second-order valence-electron chi connectivity index (χ2n) is 4.16. The lowest BCUT2D eigenvalue weighted by Crippen LogP contribution is -2.09. The number of ether oxygens (including phenoxy) is 1. The molecule has 1 atom stereocenters. The Bertz CT molecular complexity index is 323. The van der Waals surface area contributed by atoms with Gasteiger partial charge >= 0.3 is 5.97 Å². The molecule has 0 heterocycles. The third kappa shape index (κ3) is 1.49. The van der Waals surface area contributed by atoms with Crippen molar-refractivity contribution in [2.45, 2.75) is 32.6 Å². The standard InChI is InChI=1S/C12H16O2/c1-8-3-4-9-5-6-10(7-11(8)9)12(13)14-2/h7-8H,3-6H2,1-2H3. The van der Waals surface area contributed by atoms with E-state index in [2.05, 4.69) is 13.0 Å². The lowest BCUT2D eigenvalue weighted by atomic mass is 9.91. The van der Waals surface area contributed by atoms with Crippen molar-refractivity contribution in [2.75, 3.05) is 7.11 Å². The van der Waals surface area contributed by atoms with Crippen molar-refractivity contribution in [1.82, 2.24) is 0 Å². The summed E-state index contributed by atoms with van der Waals surface area (Å²) in [5.74, 6) is 0.473.